The number of carbonyl (C=O) groups excluding carboxylic acids is 1. The maximum Gasteiger partial charge on any atom is 0.233 e. The molecule has 1 aromatic rings. The van der Waals surface area contributed by atoms with Gasteiger partial charge in [-0.3, -0.25) is 4.79 Å². The number of amides is 1. The van der Waals surface area contributed by atoms with Crippen LogP contribution in [-0.4, -0.2) is 16.7 Å². The van der Waals surface area contributed by atoms with Crippen LogP contribution in [0.4, 0.5) is 0 Å². The second-order valence-corrected chi connectivity index (χ2v) is 7.58. The lowest BCUT2D eigenvalue weighted by Crippen LogP contribution is -2.44. The van der Waals surface area contributed by atoms with Crippen molar-refractivity contribution in [3.8, 4) is 0 Å². The molecule has 0 aliphatic rings. The average Bonchev–Trinajstić information content (AvgIpc) is 2.28. The third-order valence-electron chi connectivity index (χ3n) is 2.35. The quantitative estimate of drug-likeness (QED) is 0.883. The van der Waals surface area contributed by atoms with E-state index in [1.807, 2.05) is 39.8 Å². The van der Waals surface area contributed by atoms with Crippen LogP contribution in [0.25, 0.3) is 0 Å². The summed E-state index contributed by atoms with van der Waals surface area (Å²) >= 11 is 13.4. The highest BCUT2D eigenvalue weighted by Gasteiger charge is 2.19. The smallest absolute Gasteiger partial charge is 0.233 e. The van der Waals surface area contributed by atoms with Gasteiger partial charge in [0.15, 0.2) is 0 Å². The number of rotatable bonds is 4. The van der Waals surface area contributed by atoms with Crippen LogP contribution < -0.4 is 5.32 Å². The van der Waals surface area contributed by atoms with Crippen molar-refractivity contribution >= 4 is 40.9 Å². The Morgan fingerprint density at radius 1 is 1.32 bits per heavy atom. The van der Waals surface area contributed by atoms with Gasteiger partial charge in [0.1, 0.15) is 0 Å². The van der Waals surface area contributed by atoms with Crippen molar-refractivity contribution in [3.63, 3.8) is 0 Å². The van der Waals surface area contributed by atoms with Crippen molar-refractivity contribution in [1.82, 2.24) is 5.32 Å². The van der Waals surface area contributed by atoms with Crippen molar-refractivity contribution in [2.24, 2.45) is 0 Å². The highest BCUT2D eigenvalue weighted by molar-refractivity contribution is 7.99. The maximum absolute atomic E-state index is 11.9. The summed E-state index contributed by atoms with van der Waals surface area (Å²) in [6.45, 7) is 7.83. The third-order valence-corrected chi connectivity index (χ3v) is 4.30. The van der Waals surface area contributed by atoms with E-state index >= 15 is 0 Å². The minimum absolute atomic E-state index is 0.0533. The predicted molar refractivity (Wildman–Crippen MR) is 85.1 cm³/mol. The zero-order chi connectivity index (χ0) is 14.6. The topological polar surface area (TPSA) is 29.1 Å². The first-order chi connectivity index (χ1) is 8.69. The van der Waals surface area contributed by atoms with Crippen molar-refractivity contribution < 1.29 is 4.79 Å². The van der Waals surface area contributed by atoms with Crippen LogP contribution >= 0.6 is 35.0 Å². The van der Waals surface area contributed by atoms with Gasteiger partial charge in [0, 0.05) is 11.3 Å². The first kappa shape index (κ1) is 16.7. The molecular formula is C14H19Cl2NOS. The fraction of sp³-hybridized carbons (Fsp3) is 0.500. The number of nitrogens with one attached hydrogen (secondary N) is 1. The van der Waals surface area contributed by atoms with Gasteiger partial charge < -0.3 is 5.32 Å². The molecular weight excluding hydrogens is 301 g/mol. The van der Waals surface area contributed by atoms with E-state index in [9.17, 15) is 4.79 Å². The Morgan fingerprint density at radius 2 is 1.95 bits per heavy atom. The molecule has 106 valence electrons. The number of benzene rings is 1. The molecule has 0 saturated carbocycles. The molecule has 0 aromatic heterocycles. The Balaban J connectivity index is 2.52. The Bertz CT molecular complexity index is 457. The molecule has 0 aliphatic carbocycles. The first-order valence-electron chi connectivity index (χ1n) is 6.06. The third kappa shape index (κ3) is 6.07. The molecule has 1 rings (SSSR count). The molecule has 0 radical (unpaired) electrons. The summed E-state index contributed by atoms with van der Waals surface area (Å²) in [7, 11) is 0. The van der Waals surface area contributed by atoms with E-state index < -0.39 is 0 Å². The number of carbonyl (C=O) groups is 1. The molecule has 0 aliphatic heterocycles. The van der Waals surface area contributed by atoms with Crippen LogP contribution in [0.2, 0.25) is 10.0 Å². The minimum Gasteiger partial charge on any atom is -0.351 e. The number of thioether (sulfide) groups is 1. The monoisotopic (exact) mass is 319 g/mol. The molecule has 5 heteroatoms. The molecule has 0 fully saturated rings. The molecule has 0 saturated heterocycles. The molecule has 0 spiro atoms. The normalized spacial score (nSPS) is 13.2. The zero-order valence-electron chi connectivity index (χ0n) is 11.6. The molecule has 1 atom stereocenters. The molecule has 0 bridgehead atoms. The molecule has 2 nitrogen and oxygen atoms in total. The average molecular weight is 320 g/mol. The fourth-order valence-electron chi connectivity index (χ4n) is 1.40. The van der Waals surface area contributed by atoms with Gasteiger partial charge in [0.05, 0.1) is 15.3 Å². The number of halogens is 2. The van der Waals surface area contributed by atoms with Gasteiger partial charge in [-0.15, -0.1) is 11.8 Å². The van der Waals surface area contributed by atoms with Crippen molar-refractivity contribution in [1.29, 1.82) is 0 Å². The van der Waals surface area contributed by atoms with Crippen LogP contribution in [-0.2, 0) is 10.5 Å². The largest absolute Gasteiger partial charge is 0.351 e. The molecule has 19 heavy (non-hydrogen) atoms. The van der Waals surface area contributed by atoms with Gasteiger partial charge in [-0.1, -0.05) is 29.3 Å². The van der Waals surface area contributed by atoms with Crippen molar-refractivity contribution in [2.45, 2.75) is 44.2 Å². The number of hydrogen-bond donors (Lipinski definition) is 1. The molecule has 1 N–H and O–H groups in total. The van der Waals surface area contributed by atoms with E-state index in [4.69, 9.17) is 23.2 Å². The standard InChI is InChI=1S/C14H19Cl2NOS/c1-9(13(18)17-14(2,3)4)19-8-10-5-6-11(15)12(16)7-10/h5-7,9H,8H2,1-4H3,(H,17,18). The molecule has 1 amide bonds. The van der Waals surface area contributed by atoms with E-state index in [1.54, 1.807) is 17.8 Å². The summed E-state index contributed by atoms with van der Waals surface area (Å²) in [5.74, 6) is 0.785. The van der Waals surface area contributed by atoms with Gasteiger partial charge >= 0.3 is 0 Å². The Kier molecular flexibility index (Phi) is 6.03. The lowest BCUT2D eigenvalue weighted by atomic mass is 10.1. The van der Waals surface area contributed by atoms with E-state index in [0.717, 1.165) is 11.3 Å². The van der Waals surface area contributed by atoms with Crippen LogP contribution in [0, 0.1) is 0 Å². The lowest BCUT2D eigenvalue weighted by molar-refractivity contribution is -0.121. The minimum atomic E-state index is -0.199. The van der Waals surface area contributed by atoms with Gasteiger partial charge in [-0.05, 0) is 45.4 Å². The summed E-state index contributed by atoms with van der Waals surface area (Å²) in [4.78, 5) is 11.9. The van der Waals surface area contributed by atoms with Gasteiger partial charge in [0.2, 0.25) is 5.91 Å². The van der Waals surface area contributed by atoms with Crippen LogP contribution in [0.3, 0.4) is 0 Å². The Morgan fingerprint density at radius 3 is 2.47 bits per heavy atom. The van der Waals surface area contributed by atoms with E-state index in [2.05, 4.69) is 5.32 Å². The first-order valence-corrected chi connectivity index (χ1v) is 7.87. The molecule has 0 heterocycles. The van der Waals surface area contributed by atoms with Crippen LogP contribution in [0.5, 0.6) is 0 Å². The van der Waals surface area contributed by atoms with Crippen molar-refractivity contribution in [3.05, 3.63) is 33.8 Å². The van der Waals surface area contributed by atoms with E-state index in [0.29, 0.717) is 10.0 Å². The second kappa shape index (κ2) is 6.87. The highest BCUT2D eigenvalue weighted by atomic mass is 35.5. The van der Waals surface area contributed by atoms with E-state index in [-0.39, 0.29) is 16.7 Å². The summed E-state index contributed by atoms with van der Waals surface area (Å²) < 4.78 is 0. The fourth-order valence-corrected chi connectivity index (χ4v) is 2.55. The van der Waals surface area contributed by atoms with Crippen LogP contribution in [0.1, 0.15) is 33.3 Å². The summed E-state index contributed by atoms with van der Waals surface area (Å²) in [6.07, 6.45) is 0. The highest BCUT2D eigenvalue weighted by Crippen LogP contribution is 2.26. The molecule has 1 aromatic carbocycles. The van der Waals surface area contributed by atoms with Gasteiger partial charge in [-0.25, -0.2) is 0 Å². The van der Waals surface area contributed by atoms with Crippen molar-refractivity contribution in [2.75, 3.05) is 0 Å². The zero-order valence-corrected chi connectivity index (χ0v) is 13.9. The summed E-state index contributed by atoms with van der Waals surface area (Å²) in [5.41, 5.74) is 0.866. The Hall–Kier alpha value is -0.380. The summed E-state index contributed by atoms with van der Waals surface area (Å²) in [5, 5.41) is 3.96. The van der Waals surface area contributed by atoms with E-state index in [1.165, 1.54) is 0 Å². The second-order valence-electron chi connectivity index (χ2n) is 5.44. The maximum atomic E-state index is 11.9. The SMILES string of the molecule is CC(SCc1ccc(Cl)c(Cl)c1)C(=O)NC(C)(C)C. The molecule has 1 unspecified atom stereocenters. The van der Waals surface area contributed by atoms with Gasteiger partial charge in [-0.2, -0.15) is 0 Å². The van der Waals surface area contributed by atoms with Crippen LogP contribution in [0.15, 0.2) is 18.2 Å². The lowest BCUT2D eigenvalue weighted by Gasteiger charge is -2.23. The Labute approximate surface area is 129 Å². The summed E-state index contributed by atoms with van der Waals surface area (Å²) in [6, 6.07) is 5.54. The predicted octanol–water partition coefficient (Wildman–Crippen LogP) is 4.53. The van der Waals surface area contributed by atoms with Gasteiger partial charge in [0.25, 0.3) is 0 Å². The number of hydrogen-bond acceptors (Lipinski definition) is 2.